The summed E-state index contributed by atoms with van der Waals surface area (Å²) >= 11 is 0. The molecule has 26 heavy (non-hydrogen) atoms. The molecule has 0 bridgehead atoms. The summed E-state index contributed by atoms with van der Waals surface area (Å²) in [6, 6.07) is 4.63. The van der Waals surface area contributed by atoms with Gasteiger partial charge in [0.2, 0.25) is 17.8 Å². The molecule has 2 aromatic rings. The number of nitro groups is 1. The molecule has 1 aromatic carbocycles. The maximum Gasteiger partial charge on any atom is 0.269 e. The van der Waals surface area contributed by atoms with Crippen LogP contribution in [0.2, 0.25) is 0 Å². The summed E-state index contributed by atoms with van der Waals surface area (Å²) in [5.41, 5.74) is 0.326. The third-order valence-electron chi connectivity index (χ3n) is 3.84. The molecule has 1 atom stereocenters. The molecule has 0 unspecified atom stereocenters. The van der Waals surface area contributed by atoms with Crippen LogP contribution in [-0.4, -0.2) is 31.5 Å². The number of amides is 2. The topological polar surface area (TPSA) is 132 Å². The minimum absolute atomic E-state index is 0.0592. The zero-order chi connectivity index (χ0) is 18.8. The molecule has 10 nitrogen and oxygen atoms in total. The molecule has 10 heteroatoms. The van der Waals surface area contributed by atoms with Gasteiger partial charge in [0.05, 0.1) is 11.3 Å². The number of rotatable bonds is 5. The quantitative estimate of drug-likeness (QED) is 0.620. The summed E-state index contributed by atoms with van der Waals surface area (Å²) in [5.74, 6) is 0.398. The predicted molar refractivity (Wildman–Crippen MR) is 92.6 cm³/mol. The van der Waals surface area contributed by atoms with E-state index in [0.29, 0.717) is 23.9 Å². The van der Waals surface area contributed by atoms with Crippen LogP contribution in [0.15, 0.2) is 24.3 Å². The lowest BCUT2D eigenvalue weighted by molar-refractivity contribution is -0.384. The number of hydrogen-bond acceptors (Lipinski definition) is 6. The number of hydrogen-bond donors (Lipinski definition) is 2. The van der Waals surface area contributed by atoms with Gasteiger partial charge in [0.1, 0.15) is 6.04 Å². The SMILES string of the molecule is CC(C)Cc1nc2n(n1)[C@H](C(=O)Nc1ccc([N+](=O)[O-])cc1)CC(=O)N2. The second-order valence-corrected chi connectivity index (χ2v) is 6.46. The highest BCUT2D eigenvalue weighted by atomic mass is 16.6. The van der Waals surface area contributed by atoms with Gasteiger partial charge in [-0.3, -0.25) is 25.0 Å². The van der Waals surface area contributed by atoms with Gasteiger partial charge in [-0.05, 0) is 18.1 Å². The molecule has 136 valence electrons. The van der Waals surface area contributed by atoms with E-state index in [4.69, 9.17) is 0 Å². The lowest BCUT2D eigenvalue weighted by atomic mass is 10.1. The number of non-ortho nitro benzene ring substituents is 1. The molecule has 0 aliphatic carbocycles. The van der Waals surface area contributed by atoms with Crippen LogP contribution in [0.5, 0.6) is 0 Å². The highest BCUT2D eigenvalue weighted by molar-refractivity contribution is 6.00. The first-order chi connectivity index (χ1) is 12.3. The van der Waals surface area contributed by atoms with Crippen molar-refractivity contribution in [2.45, 2.75) is 32.7 Å². The molecule has 0 spiro atoms. The minimum atomic E-state index is -0.831. The fourth-order valence-electron chi connectivity index (χ4n) is 2.66. The number of carbonyl (C=O) groups excluding carboxylic acids is 2. The lowest BCUT2D eigenvalue weighted by Crippen LogP contribution is -2.36. The van der Waals surface area contributed by atoms with E-state index in [2.05, 4.69) is 20.7 Å². The van der Waals surface area contributed by atoms with E-state index in [1.165, 1.54) is 28.9 Å². The first-order valence-electron chi connectivity index (χ1n) is 8.14. The molecule has 1 aromatic heterocycles. The zero-order valence-corrected chi connectivity index (χ0v) is 14.3. The zero-order valence-electron chi connectivity index (χ0n) is 14.3. The number of carbonyl (C=O) groups is 2. The van der Waals surface area contributed by atoms with E-state index in [0.717, 1.165) is 0 Å². The number of nitrogens with one attached hydrogen (secondary N) is 2. The molecule has 0 radical (unpaired) electrons. The van der Waals surface area contributed by atoms with Gasteiger partial charge in [-0.15, -0.1) is 0 Å². The number of anilines is 2. The summed E-state index contributed by atoms with van der Waals surface area (Å²) < 4.78 is 1.42. The number of nitro benzene ring substituents is 1. The van der Waals surface area contributed by atoms with Crippen LogP contribution in [-0.2, 0) is 16.0 Å². The van der Waals surface area contributed by atoms with Gasteiger partial charge in [0, 0.05) is 24.2 Å². The normalized spacial score (nSPS) is 16.1. The molecule has 2 amide bonds. The smallest absolute Gasteiger partial charge is 0.269 e. The van der Waals surface area contributed by atoms with Crippen LogP contribution < -0.4 is 10.6 Å². The highest BCUT2D eigenvalue weighted by Gasteiger charge is 2.33. The van der Waals surface area contributed by atoms with Gasteiger partial charge in [0.15, 0.2) is 5.82 Å². The lowest BCUT2D eigenvalue weighted by Gasteiger charge is -2.22. The molecular formula is C16H18N6O4. The molecule has 0 fully saturated rings. The largest absolute Gasteiger partial charge is 0.324 e. The maximum atomic E-state index is 12.6. The maximum absolute atomic E-state index is 12.6. The minimum Gasteiger partial charge on any atom is -0.324 e. The first-order valence-corrected chi connectivity index (χ1v) is 8.14. The van der Waals surface area contributed by atoms with Crippen molar-refractivity contribution in [3.63, 3.8) is 0 Å². The van der Waals surface area contributed by atoms with Crippen LogP contribution in [0.25, 0.3) is 0 Å². The Hall–Kier alpha value is -3.30. The second kappa shape index (κ2) is 6.90. The standard InChI is InChI=1S/C16H18N6O4/c1-9(2)7-13-18-16-19-14(23)8-12(21(16)20-13)15(24)17-10-3-5-11(6-4-10)22(25)26/h3-6,9,12H,7-8H2,1-2H3,(H,17,24)(H,18,19,20,23)/t12-/m0/s1. The van der Waals surface area contributed by atoms with Crippen molar-refractivity contribution < 1.29 is 14.5 Å². The van der Waals surface area contributed by atoms with Crippen molar-refractivity contribution in [1.82, 2.24) is 14.8 Å². The number of fused-ring (bicyclic) bond motifs is 1. The average molecular weight is 358 g/mol. The van der Waals surface area contributed by atoms with Gasteiger partial charge in [-0.1, -0.05) is 13.8 Å². The van der Waals surface area contributed by atoms with Crippen molar-refractivity contribution >= 4 is 29.1 Å². The number of nitrogens with zero attached hydrogens (tertiary/aromatic N) is 4. The Morgan fingerprint density at radius 1 is 1.42 bits per heavy atom. The average Bonchev–Trinajstić information content (AvgIpc) is 2.95. The Balaban J connectivity index is 1.80. The van der Waals surface area contributed by atoms with Crippen LogP contribution >= 0.6 is 0 Å². The van der Waals surface area contributed by atoms with E-state index >= 15 is 0 Å². The van der Waals surface area contributed by atoms with Crippen LogP contribution in [0.1, 0.15) is 32.1 Å². The summed E-state index contributed by atoms with van der Waals surface area (Å²) in [7, 11) is 0. The van der Waals surface area contributed by atoms with E-state index in [1.807, 2.05) is 13.8 Å². The molecule has 2 heterocycles. The molecule has 0 saturated carbocycles. The van der Waals surface area contributed by atoms with Crippen LogP contribution in [0, 0.1) is 16.0 Å². The van der Waals surface area contributed by atoms with Crippen molar-refractivity contribution in [2.24, 2.45) is 5.92 Å². The van der Waals surface area contributed by atoms with Crippen molar-refractivity contribution in [2.75, 3.05) is 10.6 Å². The third-order valence-corrected chi connectivity index (χ3v) is 3.84. The summed E-state index contributed by atoms with van der Waals surface area (Å²) in [5, 5.41) is 20.3. The molecule has 1 aliphatic heterocycles. The van der Waals surface area contributed by atoms with E-state index < -0.39 is 16.9 Å². The Labute approximate surface area is 148 Å². The summed E-state index contributed by atoms with van der Waals surface area (Å²) in [4.78, 5) is 39.0. The van der Waals surface area contributed by atoms with E-state index in [9.17, 15) is 19.7 Å². The fraction of sp³-hybridized carbons (Fsp3) is 0.375. The van der Waals surface area contributed by atoms with Gasteiger partial charge in [-0.25, -0.2) is 4.68 Å². The van der Waals surface area contributed by atoms with Crippen LogP contribution in [0.4, 0.5) is 17.3 Å². The van der Waals surface area contributed by atoms with Gasteiger partial charge in [-0.2, -0.15) is 10.1 Å². The molecule has 1 aliphatic rings. The molecule has 2 N–H and O–H groups in total. The summed E-state index contributed by atoms with van der Waals surface area (Å²) in [6.45, 7) is 4.05. The Kier molecular flexibility index (Phi) is 4.65. The highest BCUT2D eigenvalue weighted by Crippen LogP contribution is 2.25. The van der Waals surface area contributed by atoms with Gasteiger partial charge < -0.3 is 5.32 Å². The van der Waals surface area contributed by atoms with Gasteiger partial charge in [0.25, 0.3) is 5.69 Å². The number of benzene rings is 1. The summed E-state index contributed by atoms with van der Waals surface area (Å²) in [6.07, 6.45) is 0.572. The Morgan fingerprint density at radius 2 is 2.12 bits per heavy atom. The molecule has 3 rings (SSSR count). The second-order valence-electron chi connectivity index (χ2n) is 6.46. The van der Waals surface area contributed by atoms with Gasteiger partial charge >= 0.3 is 0 Å². The van der Waals surface area contributed by atoms with Crippen molar-refractivity contribution in [3.8, 4) is 0 Å². The van der Waals surface area contributed by atoms with Crippen molar-refractivity contribution in [1.29, 1.82) is 0 Å². The molecular weight excluding hydrogens is 340 g/mol. The fourth-order valence-corrected chi connectivity index (χ4v) is 2.66. The number of aromatic nitrogens is 3. The monoisotopic (exact) mass is 358 g/mol. The van der Waals surface area contributed by atoms with E-state index in [1.54, 1.807) is 0 Å². The van der Waals surface area contributed by atoms with Crippen LogP contribution in [0.3, 0.4) is 0 Å². The third kappa shape index (κ3) is 3.68. The molecule has 0 saturated heterocycles. The van der Waals surface area contributed by atoms with Crippen molar-refractivity contribution in [3.05, 3.63) is 40.2 Å². The Morgan fingerprint density at radius 3 is 2.73 bits per heavy atom. The first kappa shape index (κ1) is 17.5. The Bertz CT molecular complexity index is 858. The van der Waals surface area contributed by atoms with E-state index in [-0.39, 0.29) is 24.0 Å². The predicted octanol–water partition coefficient (Wildman–Crippen LogP) is 1.91.